The number of aliphatic hydroxyl groups is 2. The van der Waals surface area contributed by atoms with Crippen molar-refractivity contribution < 1.29 is 24.5 Å². The predicted octanol–water partition coefficient (Wildman–Crippen LogP) is 24.2. The van der Waals surface area contributed by atoms with E-state index in [1.807, 2.05) is 6.08 Å². The van der Waals surface area contributed by atoms with Gasteiger partial charge in [0.2, 0.25) is 5.91 Å². The van der Waals surface area contributed by atoms with E-state index in [1.54, 1.807) is 6.08 Å². The first-order valence-electron chi connectivity index (χ1n) is 37.1. The van der Waals surface area contributed by atoms with Crippen LogP contribution >= 0.6 is 0 Å². The van der Waals surface area contributed by atoms with Gasteiger partial charge in [0.25, 0.3) is 0 Å². The molecular weight excluding hydrogens is 1020 g/mol. The minimum absolute atomic E-state index is 0.00259. The molecule has 0 rings (SSSR count). The number of carbonyl (C=O) groups is 2. The molecule has 0 bridgehead atoms. The zero-order chi connectivity index (χ0) is 59.9. The normalized spacial score (nSPS) is 12.9. The molecule has 6 nitrogen and oxygen atoms in total. The summed E-state index contributed by atoms with van der Waals surface area (Å²) in [5, 5.41) is 23.3. The number of nitrogens with one attached hydrogen (secondary N) is 1. The van der Waals surface area contributed by atoms with Gasteiger partial charge in [0.15, 0.2) is 0 Å². The third-order valence-corrected chi connectivity index (χ3v) is 17.0. The first-order chi connectivity index (χ1) is 41.0. The van der Waals surface area contributed by atoms with Crippen molar-refractivity contribution >= 4 is 11.9 Å². The molecule has 2 unspecified atom stereocenters. The molecule has 3 N–H and O–H groups in total. The average Bonchev–Trinajstić information content (AvgIpc) is 3.49. The minimum Gasteiger partial charge on any atom is -0.466 e. The van der Waals surface area contributed by atoms with Crippen LogP contribution in [0.15, 0.2) is 60.8 Å². The molecule has 0 saturated carbocycles. The molecule has 6 heteroatoms. The lowest BCUT2D eigenvalue weighted by Crippen LogP contribution is -2.45. The van der Waals surface area contributed by atoms with Crippen LogP contribution in [0.25, 0.3) is 0 Å². The van der Waals surface area contributed by atoms with Crippen molar-refractivity contribution in [3.63, 3.8) is 0 Å². The van der Waals surface area contributed by atoms with E-state index >= 15 is 0 Å². The third-order valence-electron chi connectivity index (χ3n) is 17.0. The molecular formula is C77H143NO5. The lowest BCUT2D eigenvalue weighted by atomic mass is 10.0. The quantitative estimate of drug-likeness (QED) is 0.0320. The van der Waals surface area contributed by atoms with Gasteiger partial charge in [-0.15, -0.1) is 0 Å². The van der Waals surface area contributed by atoms with Gasteiger partial charge >= 0.3 is 5.97 Å². The van der Waals surface area contributed by atoms with E-state index in [9.17, 15) is 19.8 Å². The van der Waals surface area contributed by atoms with Gasteiger partial charge in [-0.05, 0) is 89.9 Å². The van der Waals surface area contributed by atoms with E-state index in [4.69, 9.17) is 4.74 Å². The summed E-state index contributed by atoms with van der Waals surface area (Å²) in [5.41, 5.74) is 0. The second kappa shape index (κ2) is 72.0. The van der Waals surface area contributed by atoms with Crippen molar-refractivity contribution in [2.24, 2.45) is 0 Å². The lowest BCUT2D eigenvalue weighted by molar-refractivity contribution is -0.143. The molecule has 0 spiro atoms. The van der Waals surface area contributed by atoms with Crippen molar-refractivity contribution in [2.75, 3.05) is 13.2 Å². The zero-order valence-electron chi connectivity index (χ0n) is 55.7. The van der Waals surface area contributed by atoms with E-state index in [2.05, 4.69) is 67.8 Å². The Morgan fingerprint density at radius 3 is 0.964 bits per heavy atom. The summed E-state index contributed by atoms with van der Waals surface area (Å²) in [6, 6.07) is -0.630. The van der Waals surface area contributed by atoms with Gasteiger partial charge in [0.05, 0.1) is 25.4 Å². The van der Waals surface area contributed by atoms with Crippen LogP contribution in [0.2, 0.25) is 0 Å². The Morgan fingerprint density at radius 1 is 0.337 bits per heavy atom. The molecule has 2 atom stereocenters. The maximum absolute atomic E-state index is 12.5. The maximum atomic E-state index is 12.5. The fourth-order valence-corrected chi connectivity index (χ4v) is 11.4. The Morgan fingerprint density at radius 2 is 0.627 bits per heavy atom. The van der Waals surface area contributed by atoms with E-state index in [0.717, 1.165) is 57.8 Å². The first-order valence-corrected chi connectivity index (χ1v) is 37.1. The van der Waals surface area contributed by atoms with Gasteiger partial charge in [0.1, 0.15) is 0 Å². The molecule has 0 radical (unpaired) electrons. The van der Waals surface area contributed by atoms with Gasteiger partial charge in [-0.1, -0.05) is 351 Å². The standard InChI is InChI=1S/C77H143NO5/c1-3-5-7-9-11-13-15-17-18-19-20-21-33-36-39-42-46-49-53-57-61-65-69-75(80)74(73-79)78-76(81)70-66-62-58-54-50-47-43-40-37-34-31-29-27-25-23-22-24-26-28-30-32-35-38-41-44-48-52-56-60-64-68-72-83-77(82)71-67-63-59-55-51-45-16-14-12-10-8-6-4-2/h8,10,14,16,24,26,30,32,65,69,74-75,79-80H,3-7,9,11-13,15,17-23,25,27-29,31,33-64,66-68,70-73H2,1-2H3,(H,78,81)/b10-8-,16-14-,26-24-,32-30-,69-65+. The fraction of sp³-hybridized carbons (Fsp3) is 0.844. The Balaban J connectivity index is 3.43. The molecule has 0 aliphatic carbocycles. The number of carbonyl (C=O) groups excluding carboxylic acids is 2. The van der Waals surface area contributed by atoms with Crippen LogP contribution in [-0.4, -0.2) is 47.4 Å². The number of rotatable bonds is 69. The highest BCUT2D eigenvalue weighted by Crippen LogP contribution is 2.18. The van der Waals surface area contributed by atoms with Crippen LogP contribution in [0.1, 0.15) is 393 Å². The molecule has 0 aliphatic rings. The molecule has 0 aromatic heterocycles. The average molecular weight is 1160 g/mol. The monoisotopic (exact) mass is 1160 g/mol. The summed E-state index contributed by atoms with van der Waals surface area (Å²) >= 11 is 0. The van der Waals surface area contributed by atoms with Crippen LogP contribution in [0.3, 0.4) is 0 Å². The molecule has 0 aliphatic heterocycles. The zero-order valence-corrected chi connectivity index (χ0v) is 55.7. The lowest BCUT2D eigenvalue weighted by Gasteiger charge is -2.20. The summed E-state index contributed by atoms with van der Waals surface area (Å²) in [4.78, 5) is 24.6. The van der Waals surface area contributed by atoms with E-state index in [1.165, 1.54) is 308 Å². The minimum atomic E-state index is -0.846. The molecule has 83 heavy (non-hydrogen) atoms. The second-order valence-corrected chi connectivity index (χ2v) is 25.3. The molecule has 0 fully saturated rings. The van der Waals surface area contributed by atoms with Crippen molar-refractivity contribution in [3.05, 3.63) is 60.8 Å². The second-order valence-electron chi connectivity index (χ2n) is 25.3. The summed E-state index contributed by atoms with van der Waals surface area (Å²) in [6.07, 6.45) is 96.0. The van der Waals surface area contributed by atoms with Crippen LogP contribution in [0.4, 0.5) is 0 Å². The van der Waals surface area contributed by atoms with Crippen molar-refractivity contribution in [3.8, 4) is 0 Å². The van der Waals surface area contributed by atoms with Gasteiger partial charge in [-0.25, -0.2) is 0 Å². The Hall–Kier alpha value is -2.44. The number of amides is 1. The van der Waals surface area contributed by atoms with Crippen LogP contribution in [-0.2, 0) is 14.3 Å². The Kier molecular flexibility index (Phi) is 69.9. The van der Waals surface area contributed by atoms with E-state index in [-0.39, 0.29) is 18.5 Å². The first kappa shape index (κ1) is 80.6. The summed E-state index contributed by atoms with van der Waals surface area (Å²) in [5.74, 6) is -0.0666. The number of allylic oxidation sites excluding steroid dienone is 9. The molecule has 0 aromatic rings. The molecule has 1 amide bonds. The Bertz CT molecular complexity index is 1430. The highest BCUT2D eigenvalue weighted by Gasteiger charge is 2.18. The van der Waals surface area contributed by atoms with Crippen molar-refractivity contribution in [2.45, 2.75) is 405 Å². The van der Waals surface area contributed by atoms with Crippen LogP contribution in [0, 0.1) is 0 Å². The highest BCUT2D eigenvalue weighted by atomic mass is 16.5. The molecule has 0 heterocycles. The SMILES string of the molecule is CCC/C=C\C/C=C\CCCCCCCC(=O)OCCCCCCCCCCC/C=C\C/C=C\CCCCCCCCCCCCCCCCCC(=O)NC(CO)C(O)/C=C/CCCCCCCCCCCCCCCCCCCCCC. The van der Waals surface area contributed by atoms with Crippen molar-refractivity contribution in [1.29, 1.82) is 0 Å². The number of aliphatic hydroxyl groups excluding tert-OH is 2. The van der Waals surface area contributed by atoms with E-state index in [0.29, 0.717) is 19.4 Å². The van der Waals surface area contributed by atoms with Gasteiger partial charge in [0, 0.05) is 12.8 Å². The van der Waals surface area contributed by atoms with Crippen LogP contribution in [0.5, 0.6) is 0 Å². The predicted molar refractivity (Wildman–Crippen MR) is 365 cm³/mol. The molecule has 0 saturated heterocycles. The Labute approximate surface area is 518 Å². The highest BCUT2D eigenvalue weighted by molar-refractivity contribution is 5.76. The van der Waals surface area contributed by atoms with Crippen LogP contribution < -0.4 is 5.32 Å². The number of ether oxygens (including phenoxy) is 1. The summed E-state index contributed by atoms with van der Waals surface area (Å²) in [7, 11) is 0. The van der Waals surface area contributed by atoms with Gasteiger partial charge in [-0.2, -0.15) is 0 Å². The number of esters is 1. The summed E-state index contributed by atoms with van der Waals surface area (Å²) in [6.45, 7) is 4.86. The molecule has 0 aromatic carbocycles. The fourth-order valence-electron chi connectivity index (χ4n) is 11.4. The van der Waals surface area contributed by atoms with Gasteiger partial charge < -0.3 is 20.3 Å². The number of unbranched alkanes of at least 4 members (excludes halogenated alkanes) is 50. The molecule has 486 valence electrons. The number of hydrogen-bond acceptors (Lipinski definition) is 5. The largest absolute Gasteiger partial charge is 0.466 e. The van der Waals surface area contributed by atoms with Crippen molar-refractivity contribution in [1.82, 2.24) is 5.32 Å². The number of hydrogen-bond donors (Lipinski definition) is 3. The third kappa shape index (κ3) is 68.5. The topological polar surface area (TPSA) is 95.9 Å². The van der Waals surface area contributed by atoms with E-state index < -0.39 is 12.1 Å². The smallest absolute Gasteiger partial charge is 0.305 e. The summed E-state index contributed by atoms with van der Waals surface area (Å²) < 4.78 is 5.47. The van der Waals surface area contributed by atoms with Gasteiger partial charge in [-0.3, -0.25) is 9.59 Å². The maximum Gasteiger partial charge on any atom is 0.305 e.